The molecule has 0 heterocycles. The van der Waals surface area contributed by atoms with Gasteiger partial charge < -0.3 is 14.2 Å². The molecule has 0 saturated heterocycles. The zero-order chi connectivity index (χ0) is 57.1. The number of ether oxygens (including phenoxy) is 3. The van der Waals surface area contributed by atoms with E-state index in [-0.39, 0.29) is 31.1 Å². The number of rotatable bonds is 61. The van der Waals surface area contributed by atoms with Gasteiger partial charge in [-0.1, -0.05) is 311 Å². The van der Waals surface area contributed by atoms with Crippen LogP contribution in [0.4, 0.5) is 0 Å². The molecule has 0 aromatic heterocycles. The summed E-state index contributed by atoms with van der Waals surface area (Å²) in [5, 5.41) is 0. The number of hydrogen-bond donors (Lipinski definition) is 0. The first kappa shape index (κ1) is 75.3. The molecule has 0 aliphatic heterocycles. The van der Waals surface area contributed by atoms with Crippen molar-refractivity contribution in [2.24, 2.45) is 0 Å². The minimum absolute atomic E-state index is 0.0859. The molecule has 0 radical (unpaired) electrons. The van der Waals surface area contributed by atoms with Crippen molar-refractivity contribution in [3.63, 3.8) is 0 Å². The van der Waals surface area contributed by atoms with Crippen molar-refractivity contribution >= 4 is 17.9 Å². The Morgan fingerprint density at radius 3 is 0.772 bits per heavy atom. The predicted octanol–water partition coefficient (Wildman–Crippen LogP) is 23.2. The average Bonchev–Trinajstić information content (AvgIpc) is 3.45. The summed E-state index contributed by atoms with van der Waals surface area (Å²) in [5.74, 6) is -0.900. The molecule has 1 unspecified atom stereocenters. The quantitative estimate of drug-likeness (QED) is 0.0261. The van der Waals surface area contributed by atoms with Gasteiger partial charge >= 0.3 is 17.9 Å². The van der Waals surface area contributed by atoms with E-state index in [1.165, 1.54) is 154 Å². The average molecular weight is 1100 g/mol. The monoisotopic (exact) mass is 1100 g/mol. The van der Waals surface area contributed by atoms with Gasteiger partial charge in [0.05, 0.1) is 0 Å². The zero-order valence-corrected chi connectivity index (χ0v) is 52.1. The van der Waals surface area contributed by atoms with Gasteiger partial charge in [-0.25, -0.2) is 0 Å². The van der Waals surface area contributed by atoms with Gasteiger partial charge in [0.1, 0.15) is 13.2 Å². The zero-order valence-electron chi connectivity index (χ0n) is 52.1. The van der Waals surface area contributed by atoms with E-state index in [4.69, 9.17) is 14.2 Å². The summed E-state index contributed by atoms with van der Waals surface area (Å²) in [6.45, 7) is 6.44. The van der Waals surface area contributed by atoms with Crippen LogP contribution in [-0.2, 0) is 28.6 Å². The van der Waals surface area contributed by atoms with Gasteiger partial charge in [-0.2, -0.15) is 0 Å². The van der Waals surface area contributed by atoms with Crippen LogP contribution >= 0.6 is 0 Å². The molecule has 0 bridgehead atoms. The van der Waals surface area contributed by atoms with Gasteiger partial charge in [0, 0.05) is 19.3 Å². The summed E-state index contributed by atoms with van der Waals surface area (Å²) in [5.41, 5.74) is 0. The molecule has 0 saturated carbocycles. The Hall–Kier alpha value is -3.67. The molecule has 6 nitrogen and oxygen atoms in total. The molecule has 6 heteroatoms. The van der Waals surface area contributed by atoms with Gasteiger partial charge in [0.15, 0.2) is 6.10 Å². The van der Waals surface area contributed by atoms with Crippen LogP contribution in [0.15, 0.2) is 97.2 Å². The van der Waals surface area contributed by atoms with Crippen LogP contribution in [0.3, 0.4) is 0 Å². The lowest BCUT2D eigenvalue weighted by atomic mass is 10.0. The number of unbranched alkanes of at least 4 members (excludes halogenated alkanes) is 34. The molecule has 0 rings (SSSR count). The summed E-state index contributed by atoms with van der Waals surface area (Å²) >= 11 is 0. The molecule has 0 fully saturated rings. The molecular weight excluding hydrogens is 973 g/mol. The number of carbonyl (C=O) groups excluding carboxylic acids is 3. The largest absolute Gasteiger partial charge is 0.462 e. The topological polar surface area (TPSA) is 78.9 Å². The summed E-state index contributed by atoms with van der Waals surface area (Å²) in [4.78, 5) is 38.4. The Balaban J connectivity index is 4.39. The third kappa shape index (κ3) is 65.0. The second kappa shape index (κ2) is 66.8. The predicted molar refractivity (Wildman–Crippen MR) is 344 cm³/mol. The van der Waals surface area contributed by atoms with E-state index in [0.29, 0.717) is 19.3 Å². The second-order valence-corrected chi connectivity index (χ2v) is 22.3. The summed E-state index contributed by atoms with van der Waals surface area (Å²) in [6, 6.07) is 0. The lowest BCUT2D eigenvalue weighted by molar-refractivity contribution is -0.167. The van der Waals surface area contributed by atoms with E-state index in [0.717, 1.165) is 135 Å². The Labute approximate surface area is 489 Å². The third-order valence-electron chi connectivity index (χ3n) is 14.6. The van der Waals surface area contributed by atoms with Crippen LogP contribution in [0.25, 0.3) is 0 Å². The van der Waals surface area contributed by atoms with Crippen LogP contribution in [-0.4, -0.2) is 37.2 Å². The van der Waals surface area contributed by atoms with Crippen molar-refractivity contribution in [2.75, 3.05) is 13.2 Å². The van der Waals surface area contributed by atoms with Crippen molar-refractivity contribution < 1.29 is 28.6 Å². The lowest BCUT2D eigenvalue weighted by Gasteiger charge is -2.18. The molecule has 0 aliphatic carbocycles. The number of hydrogen-bond acceptors (Lipinski definition) is 6. The van der Waals surface area contributed by atoms with Crippen molar-refractivity contribution in [3.8, 4) is 0 Å². The highest BCUT2D eigenvalue weighted by atomic mass is 16.6. The normalized spacial score (nSPS) is 12.7. The number of allylic oxidation sites excluding steroid dienone is 16. The van der Waals surface area contributed by atoms with Crippen LogP contribution in [0.2, 0.25) is 0 Å². The Bertz CT molecular complexity index is 1540. The molecule has 0 N–H and O–H groups in total. The second-order valence-electron chi connectivity index (χ2n) is 22.3. The van der Waals surface area contributed by atoms with E-state index in [2.05, 4.69) is 118 Å². The summed E-state index contributed by atoms with van der Waals surface area (Å²) in [7, 11) is 0. The number of esters is 3. The molecular formula is C73H126O6. The summed E-state index contributed by atoms with van der Waals surface area (Å²) in [6.07, 6.45) is 89.9. The third-order valence-corrected chi connectivity index (χ3v) is 14.6. The molecule has 454 valence electrons. The standard InChI is InChI=1S/C73H126O6/c1-4-7-10-13-16-19-22-25-28-31-34-35-36-37-40-42-45-48-51-54-57-60-63-66-72(75)78-69-70(79-73(76)67-64-61-58-55-52-49-46-43-39-33-30-27-24-21-18-15-12-9-6-3)68-77-71(74)65-62-59-56-53-50-47-44-41-38-32-29-26-23-20-17-14-11-8-5-2/h8-9,11-12,17-18,20-21,26-27,29-30,38-39,41,43,70H,4-7,10,13-16,19,22-25,28,31-37,40,42,44-69H2,1-3H3/b11-8-,12-9-,20-17-,21-18-,29-26-,30-27-,41-38-,43-39-. The van der Waals surface area contributed by atoms with Crippen molar-refractivity contribution in [1.82, 2.24) is 0 Å². The molecule has 0 aromatic rings. The Morgan fingerprint density at radius 1 is 0.266 bits per heavy atom. The SMILES string of the molecule is CC/C=C\C/C=C\C/C=C\C/C=C\CCCCCCCCC(=O)OCC(COC(=O)CCCCCCCCCCCCCCCCCCCCCCCCC)OC(=O)CCCCCCCC/C=C\C/C=C\C/C=C\C/C=C\CC. The Morgan fingerprint density at radius 2 is 0.494 bits per heavy atom. The first-order chi connectivity index (χ1) is 39.0. The first-order valence-corrected chi connectivity index (χ1v) is 33.7. The van der Waals surface area contributed by atoms with Gasteiger partial charge in [0.2, 0.25) is 0 Å². The first-order valence-electron chi connectivity index (χ1n) is 33.7. The maximum atomic E-state index is 12.9. The number of carbonyl (C=O) groups is 3. The van der Waals surface area contributed by atoms with E-state index in [1.54, 1.807) is 0 Å². The van der Waals surface area contributed by atoms with Crippen LogP contribution in [0.1, 0.15) is 329 Å². The van der Waals surface area contributed by atoms with Crippen LogP contribution < -0.4 is 0 Å². The van der Waals surface area contributed by atoms with E-state index in [9.17, 15) is 14.4 Å². The molecule has 0 aromatic carbocycles. The molecule has 0 aliphatic rings. The molecule has 0 spiro atoms. The molecule has 79 heavy (non-hydrogen) atoms. The minimum Gasteiger partial charge on any atom is -0.462 e. The maximum Gasteiger partial charge on any atom is 0.306 e. The van der Waals surface area contributed by atoms with Gasteiger partial charge in [-0.05, 0) is 96.3 Å². The molecule has 0 amide bonds. The highest BCUT2D eigenvalue weighted by Crippen LogP contribution is 2.17. The van der Waals surface area contributed by atoms with Crippen molar-refractivity contribution in [3.05, 3.63) is 97.2 Å². The minimum atomic E-state index is -0.793. The lowest BCUT2D eigenvalue weighted by Crippen LogP contribution is -2.30. The van der Waals surface area contributed by atoms with E-state index in [1.807, 2.05) is 0 Å². The highest BCUT2D eigenvalue weighted by Gasteiger charge is 2.19. The van der Waals surface area contributed by atoms with Crippen molar-refractivity contribution in [2.45, 2.75) is 335 Å². The van der Waals surface area contributed by atoms with E-state index < -0.39 is 6.10 Å². The Kier molecular flexibility index (Phi) is 63.7. The van der Waals surface area contributed by atoms with Crippen LogP contribution in [0.5, 0.6) is 0 Å². The van der Waals surface area contributed by atoms with Gasteiger partial charge in [0.25, 0.3) is 0 Å². The van der Waals surface area contributed by atoms with E-state index >= 15 is 0 Å². The fraction of sp³-hybridized carbons (Fsp3) is 0.740. The maximum absolute atomic E-state index is 12.9. The summed E-state index contributed by atoms with van der Waals surface area (Å²) < 4.78 is 17.0. The molecule has 1 atom stereocenters. The van der Waals surface area contributed by atoms with Crippen LogP contribution in [0, 0.1) is 0 Å². The smallest absolute Gasteiger partial charge is 0.306 e. The van der Waals surface area contributed by atoms with Gasteiger partial charge in [-0.15, -0.1) is 0 Å². The fourth-order valence-electron chi connectivity index (χ4n) is 9.60. The van der Waals surface area contributed by atoms with Crippen molar-refractivity contribution in [1.29, 1.82) is 0 Å². The highest BCUT2D eigenvalue weighted by molar-refractivity contribution is 5.71. The van der Waals surface area contributed by atoms with Gasteiger partial charge in [-0.3, -0.25) is 14.4 Å². The fourth-order valence-corrected chi connectivity index (χ4v) is 9.60.